The van der Waals surface area contributed by atoms with E-state index in [0.717, 1.165) is 12.8 Å². The Hall–Kier alpha value is -1.91. The third-order valence-corrected chi connectivity index (χ3v) is 3.43. The van der Waals surface area contributed by atoms with Crippen LogP contribution >= 0.6 is 0 Å². The first kappa shape index (κ1) is 12.5. The topological polar surface area (TPSA) is 76.0 Å². The zero-order valence-electron chi connectivity index (χ0n) is 10.4. The average Bonchev–Trinajstić information content (AvgIpc) is 3.08. The predicted octanol–water partition coefficient (Wildman–Crippen LogP) is 1.92. The molecule has 1 aromatic rings. The van der Waals surface area contributed by atoms with Gasteiger partial charge in [0, 0.05) is 11.0 Å². The number of methoxy groups -OCH3 is 2. The van der Waals surface area contributed by atoms with Gasteiger partial charge in [-0.2, -0.15) is 0 Å². The molecule has 0 heterocycles. The van der Waals surface area contributed by atoms with Gasteiger partial charge in [0.25, 0.3) is 0 Å². The quantitative estimate of drug-likeness (QED) is 0.837. The molecule has 5 nitrogen and oxygen atoms in total. The maximum atomic E-state index is 10.9. The van der Waals surface area contributed by atoms with Gasteiger partial charge in [-0.15, -0.1) is 0 Å². The van der Waals surface area contributed by atoms with Gasteiger partial charge in [-0.1, -0.05) is 6.07 Å². The Labute approximate surface area is 105 Å². The lowest BCUT2D eigenvalue weighted by Gasteiger charge is -2.18. The summed E-state index contributed by atoms with van der Waals surface area (Å²) < 4.78 is 10.2. The fourth-order valence-electron chi connectivity index (χ4n) is 2.32. The van der Waals surface area contributed by atoms with Crippen molar-refractivity contribution in [1.82, 2.24) is 0 Å². The Bertz CT molecular complexity index is 477. The maximum Gasteiger partial charge on any atom is 0.304 e. The van der Waals surface area contributed by atoms with E-state index in [-0.39, 0.29) is 17.9 Å². The molecule has 1 fully saturated rings. The summed E-state index contributed by atoms with van der Waals surface area (Å²) in [7, 11) is 2.93. The first-order valence-electron chi connectivity index (χ1n) is 5.70. The van der Waals surface area contributed by atoms with Crippen molar-refractivity contribution in [3.63, 3.8) is 0 Å². The zero-order chi connectivity index (χ0) is 13.3. The summed E-state index contributed by atoms with van der Waals surface area (Å²) in [6.45, 7) is 0. The second-order valence-electron chi connectivity index (χ2n) is 4.55. The third-order valence-electron chi connectivity index (χ3n) is 3.43. The molecule has 1 aliphatic rings. The molecule has 0 atom stereocenters. The smallest absolute Gasteiger partial charge is 0.304 e. The van der Waals surface area contributed by atoms with Crippen molar-refractivity contribution >= 4 is 5.97 Å². The maximum absolute atomic E-state index is 10.9. The van der Waals surface area contributed by atoms with E-state index in [1.165, 1.54) is 14.2 Å². The van der Waals surface area contributed by atoms with E-state index >= 15 is 0 Å². The first-order valence-corrected chi connectivity index (χ1v) is 5.70. The number of phenolic OH excluding ortho intramolecular Hbond substituents is 1. The summed E-state index contributed by atoms with van der Waals surface area (Å²) in [4.78, 5) is 10.9. The Balaban J connectivity index is 2.44. The van der Waals surface area contributed by atoms with Crippen molar-refractivity contribution in [3.8, 4) is 17.2 Å². The van der Waals surface area contributed by atoms with E-state index in [0.29, 0.717) is 11.3 Å². The van der Waals surface area contributed by atoms with Crippen LogP contribution in [-0.4, -0.2) is 30.4 Å². The molecule has 0 unspecified atom stereocenters. The van der Waals surface area contributed by atoms with E-state index < -0.39 is 11.4 Å². The van der Waals surface area contributed by atoms with Crippen molar-refractivity contribution in [2.24, 2.45) is 0 Å². The standard InChI is InChI=1S/C13H16O5/c1-17-9-4-3-8(11(16)12(9)18-2)13(5-6-13)7-10(14)15/h3-4,16H,5-7H2,1-2H3,(H,14,15). The van der Waals surface area contributed by atoms with Crippen LogP contribution in [0.4, 0.5) is 0 Å². The molecule has 0 aromatic heterocycles. The van der Waals surface area contributed by atoms with Crippen LogP contribution in [0.5, 0.6) is 17.2 Å². The van der Waals surface area contributed by atoms with Crippen LogP contribution in [0.3, 0.4) is 0 Å². The van der Waals surface area contributed by atoms with Gasteiger partial charge in [0.05, 0.1) is 20.6 Å². The molecular weight excluding hydrogens is 236 g/mol. The van der Waals surface area contributed by atoms with E-state index in [2.05, 4.69) is 0 Å². The number of ether oxygens (including phenoxy) is 2. The van der Waals surface area contributed by atoms with Gasteiger partial charge in [0.15, 0.2) is 11.5 Å². The number of hydrogen-bond donors (Lipinski definition) is 2. The fourth-order valence-corrected chi connectivity index (χ4v) is 2.32. The second kappa shape index (κ2) is 4.40. The number of aliphatic carboxylic acids is 1. The Morgan fingerprint density at radius 1 is 1.33 bits per heavy atom. The minimum atomic E-state index is -0.860. The van der Waals surface area contributed by atoms with Gasteiger partial charge in [0.2, 0.25) is 5.75 Å². The number of phenols is 1. The van der Waals surface area contributed by atoms with Crippen molar-refractivity contribution in [3.05, 3.63) is 17.7 Å². The van der Waals surface area contributed by atoms with E-state index in [4.69, 9.17) is 14.6 Å². The van der Waals surface area contributed by atoms with Gasteiger partial charge in [-0.05, 0) is 18.9 Å². The number of carboxylic acids is 1. The summed E-state index contributed by atoms with van der Waals surface area (Å²) in [6, 6.07) is 3.41. The highest BCUT2D eigenvalue weighted by atomic mass is 16.5. The van der Waals surface area contributed by atoms with Crippen LogP contribution < -0.4 is 9.47 Å². The minimum Gasteiger partial charge on any atom is -0.504 e. The van der Waals surface area contributed by atoms with Crippen LogP contribution in [0.25, 0.3) is 0 Å². The van der Waals surface area contributed by atoms with Gasteiger partial charge in [-0.25, -0.2) is 0 Å². The van der Waals surface area contributed by atoms with Crippen molar-refractivity contribution < 1.29 is 24.5 Å². The minimum absolute atomic E-state index is 0.0180. The van der Waals surface area contributed by atoms with Crippen molar-refractivity contribution in [2.45, 2.75) is 24.7 Å². The number of rotatable bonds is 5. The van der Waals surface area contributed by atoms with Crippen LogP contribution in [0.1, 0.15) is 24.8 Å². The predicted molar refractivity (Wildman–Crippen MR) is 64.4 cm³/mol. The van der Waals surface area contributed by atoms with Crippen LogP contribution in [-0.2, 0) is 10.2 Å². The molecule has 2 rings (SSSR count). The molecule has 0 spiro atoms. The molecule has 98 valence electrons. The van der Waals surface area contributed by atoms with E-state index in [9.17, 15) is 9.90 Å². The van der Waals surface area contributed by atoms with E-state index in [1.807, 2.05) is 0 Å². The summed E-state index contributed by atoms with van der Waals surface area (Å²) in [5, 5.41) is 19.1. The molecule has 18 heavy (non-hydrogen) atoms. The molecule has 0 saturated heterocycles. The summed E-state index contributed by atoms with van der Waals surface area (Å²) >= 11 is 0. The van der Waals surface area contributed by atoms with Gasteiger partial charge >= 0.3 is 5.97 Å². The highest BCUT2D eigenvalue weighted by Crippen LogP contribution is 2.56. The number of hydrogen-bond acceptors (Lipinski definition) is 4. The molecule has 1 saturated carbocycles. The molecule has 0 aliphatic heterocycles. The Kier molecular flexibility index (Phi) is 3.07. The number of carboxylic acid groups (broad SMARTS) is 1. The third kappa shape index (κ3) is 1.96. The molecule has 5 heteroatoms. The fraction of sp³-hybridized carbons (Fsp3) is 0.462. The summed E-state index contributed by atoms with van der Waals surface area (Å²) in [5.74, 6) is -0.186. The molecule has 2 N–H and O–H groups in total. The Morgan fingerprint density at radius 3 is 2.44 bits per heavy atom. The lowest BCUT2D eigenvalue weighted by atomic mass is 9.91. The molecular formula is C13H16O5. The van der Waals surface area contributed by atoms with Gasteiger partial charge in [-0.3, -0.25) is 4.79 Å². The lowest BCUT2D eigenvalue weighted by molar-refractivity contribution is -0.137. The SMILES string of the molecule is COc1ccc(C2(CC(=O)O)CC2)c(O)c1OC. The van der Waals surface area contributed by atoms with Crippen molar-refractivity contribution in [2.75, 3.05) is 14.2 Å². The average molecular weight is 252 g/mol. The van der Waals surface area contributed by atoms with Gasteiger partial charge in [0.1, 0.15) is 0 Å². The molecule has 0 bridgehead atoms. The number of carbonyl (C=O) groups is 1. The van der Waals surface area contributed by atoms with E-state index in [1.54, 1.807) is 12.1 Å². The van der Waals surface area contributed by atoms with Gasteiger partial charge < -0.3 is 19.7 Å². The molecule has 0 radical (unpaired) electrons. The Morgan fingerprint density at radius 2 is 2.00 bits per heavy atom. The lowest BCUT2D eigenvalue weighted by Crippen LogP contribution is -2.13. The largest absolute Gasteiger partial charge is 0.504 e. The summed E-state index contributed by atoms with van der Waals surface area (Å²) in [5.41, 5.74) is 0.178. The number of benzene rings is 1. The second-order valence-corrected chi connectivity index (χ2v) is 4.55. The first-order chi connectivity index (χ1) is 8.54. The highest BCUT2D eigenvalue weighted by Gasteiger charge is 2.48. The normalized spacial score (nSPS) is 16.1. The number of aromatic hydroxyl groups is 1. The molecule has 0 amide bonds. The molecule has 1 aromatic carbocycles. The zero-order valence-corrected chi connectivity index (χ0v) is 10.4. The highest BCUT2D eigenvalue weighted by molar-refractivity contribution is 5.71. The molecule has 1 aliphatic carbocycles. The van der Waals surface area contributed by atoms with Crippen LogP contribution in [0, 0.1) is 0 Å². The van der Waals surface area contributed by atoms with Crippen molar-refractivity contribution in [1.29, 1.82) is 0 Å². The van der Waals surface area contributed by atoms with Crippen LogP contribution in [0.2, 0.25) is 0 Å². The monoisotopic (exact) mass is 252 g/mol. The summed E-state index contributed by atoms with van der Waals surface area (Å²) in [6.07, 6.45) is 1.56. The van der Waals surface area contributed by atoms with Crippen LogP contribution in [0.15, 0.2) is 12.1 Å².